The van der Waals surface area contributed by atoms with Gasteiger partial charge in [0, 0.05) is 10.5 Å². The number of carboxylic acids is 1. The van der Waals surface area contributed by atoms with Crippen LogP contribution in [0.1, 0.15) is 40.2 Å². The van der Waals surface area contributed by atoms with Gasteiger partial charge in [-0.3, -0.25) is 0 Å². The SMILES string of the molecule is N#Cc1ccc(-c2ccccc2)c(NSc2cc(C(=O)O)ccc2C2CC2)c1. The first kappa shape index (κ1) is 18.1. The Hall–Kier alpha value is -3.23. The summed E-state index contributed by atoms with van der Waals surface area (Å²) >= 11 is 1.41. The summed E-state index contributed by atoms with van der Waals surface area (Å²) in [6, 6.07) is 23.0. The molecule has 1 aliphatic carbocycles. The molecular weight excluding hydrogens is 368 g/mol. The van der Waals surface area contributed by atoms with E-state index in [9.17, 15) is 15.2 Å². The van der Waals surface area contributed by atoms with Crippen LogP contribution in [0, 0.1) is 11.3 Å². The van der Waals surface area contributed by atoms with Gasteiger partial charge in [0.15, 0.2) is 0 Å². The van der Waals surface area contributed by atoms with Crippen LogP contribution in [0.25, 0.3) is 11.1 Å². The van der Waals surface area contributed by atoms with E-state index in [-0.39, 0.29) is 5.56 Å². The van der Waals surface area contributed by atoms with Crippen molar-refractivity contribution in [1.29, 1.82) is 5.26 Å². The molecule has 0 saturated heterocycles. The van der Waals surface area contributed by atoms with Crippen molar-refractivity contribution in [2.75, 3.05) is 4.72 Å². The molecule has 0 aromatic heterocycles. The molecule has 0 bridgehead atoms. The molecule has 0 radical (unpaired) electrons. The minimum absolute atomic E-state index is 0.280. The van der Waals surface area contributed by atoms with E-state index in [0.717, 1.165) is 34.6 Å². The number of hydrogen-bond donors (Lipinski definition) is 2. The highest BCUT2D eigenvalue weighted by molar-refractivity contribution is 8.00. The fraction of sp³-hybridized carbons (Fsp3) is 0.130. The first-order valence-electron chi connectivity index (χ1n) is 9.05. The van der Waals surface area contributed by atoms with Crippen molar-refractivity contribution >= 4 is 23.6 Å². The molecule has 0 amide bonds. The van der Waals surface area contributed by atoms with Crippen molar-refractivity contribution in [3.05, 3.63) is 83.4 Å². The molecule has 0 atom stereocenters. The van der Waals surface area contributed by atoms with Gasteiger partial charge in [0.2, 0.25) is 0 Å². The van der Waals surface area contributed by atoms with E-state index in [2.05, 4.69) is 10.8 Å². The van der Waals surface area contributed by atoms with E-state index < -0.39 is 5.97 Å². The maximum absolute atomic E-state index is 11.4. The third kappa shape index (κ3) is 3.88. The smallest absolute Gasteiger partial charge is 0.335 e. The second-order valence-electron chi connectivity index (χ2n) is 6.77. The number of rotatable bonds is 6. The molecule has 0 aliphatic heterocycles. The third-order valence-corrected chi connectivity index (χ3v) is 5.68. The van der Waals surface area contributed by atoms with Gasteiger partial charge in [-0.1, -0.05) is 42.5 Å². The summed E-state index contributed by atoms with van der Waals surface area (Å²) in [6.07, 6.45) is 2.28. The summed E-state index contributed by atoms with van der Waals surface area (Å²) in [5, 5.41) is 18.6. The lowest BCUT2D eigenvalue weighted by Gasteiger charge is -2.14. The molecule has 3 aromatic carbocycles. The average Bonchev–Trinajstić information content (AvgIpc) is 3.57. The molecule has 138 valence electrons. The number of nitrogens with one attached hydrogen (secondary N) is 1. The van der Waals surface area contributed by atoms with Crippen molar-refractivity contribution < 1.29 is 9.90 Å². The Labute approximate surface area is 168 Å². The lowest BCUT2D eigenvalue weighted by atomic mass is 10.0. The van der Waals surface area contributed by atoms with Gasteiger partial charge in [-0.05, 0) is 66.1 Å². The quantitative estimate of drug-likeness (QED) is 0.514. The highest BCUT2D eigenvalue weighted by atomic mass is 32.2. The van der Waals surface area contributed by atoms with Gasteiger partial charge < -0.3 is 9.83 Å². The second-order valence-corrected chi connectivity index (χ2v) is 7.62. The average molecular weight is 386 g/mol. The van der Waals surface area contributed by atoms with Gasteiger partial charge in [0.25, 0.3) is 0 Å². The van der Waals surface area contributed by atoms with Crippen LogP contribution in [0.5, 0.6) is 0 Å². The minimum atomic E-state index is -0.930. The lowest BCUT2D eigenvalue weighted by molar-refractivity contribution is 0.0696. The van der Waals surface area contributed by atoms with Crippen molar-refractivity contribution in [3.8, 4) is 17.2 Å². The Morgan fingerprint density at radius 1 is 1.07 bits per heavy atom. The van der Waals surface area contributed by atoms with Crippen molar-refractivity contribution in [2.24, 2.45) is 0 Å². The molecule has 28 heavy (non-hydrogen) atoms. The van der Waals surface area contributed by atoms with Crippen LogP contribution in [0.3, 0.4) is 0 Å². The summed E-state index contributed by atoms with van der Waals surface area (Å²) in [4.78, 5) is 12.3. The minimum Gasteiger partial charge on any atom is -0.478 e. The fourth-order valence-electron chi connectivity index (χ4n) is 3.17. The second kappa shape index (κ2) is 7.79. The number of benzene rings is 3. The summed E-state index contributed by atoms with van der Waals surface area (Å²) in [5.41, 5.74) is 4.91. The molecule has 0 spiro atoms. The Morgan fingerprint density at radius 3 is 2.54 bits per heavy atom. The zero-order chi connectivity index (χ0) is 19.5. The number of hydrogen-bond acceptors (Lipinski definition) is 4. The molecule has 3 aromatic rings. The number of nitrogens with zero attached hydrogens (tertiary/aromatic N) is 1. The van der Waals surface area contributed by atoms with E-state index >= 15 is 0 Å². The predicted molar refractivity (Wildman–Crippen MR) is 111 cm³/mol. The Balaban J connectivity index is 1.68. The summed E-state index contributed by atoms with van der Waals surface area (Å²) in [6.45, 7) is 0. The van der Waals surface area contributed by atoms with Crippen LogP contribution in [0.4, 0.5) is 5.69 Å². The topological polar surface area (TPSA) is 73.1 Å². The van der Waals surface area contributed by atoms with Crippen LogP contribution in [0.2, 0.25) is 0 Å². The molecule has 1 saturated carbocycles. The zero-order valence-electron chi connectivity index (χ0n) is 15.1. The lowest BCUT2D eigenvalue weighted by Crippen LogP contribution is -1.99. The van der Waals surface area contributed by atoms with E-state index in [1.807, 2.05) is 48.5 Å². The first-order chi connectivity index (χ1) is 13.7. The molecule has 1 fully saturated rings. The molecule has 2 N–H and O–H groups in total. The van der Waals surface area contributed by atoms with E-state index in [1.165, 1.54) is 17.5 Å². The highest BCUT2D eigenvalue weighted by Crippen LogP contribution is 2.45. The van der Waals surface area contributed by atoms with Crippen LogP contribution < -0.4 is 4.72 Å². The Bertz CT molecular complexity index is 1070. The highest BCUT2D eigenvalue weighted by Gasteiger charge is 2.27. The van der Waals surface area contributed by atoms with Gasteiger partial charge in [-0.2, -0.15) is 5.26 Å². The van der Waals surface area contributed by atoms with Gasteiger partial charge in [-0.15, -0.1) is 0 Å². The van der Waals surface area contributed by atoms with Crippen LogP contribution in [-0.4, -0.2) is 11.1 Å². The Kier molecular flexibility index (Phi) is 5.05. The van der Waals surface area contributed by atoms with Crippen molar-refractivity contribution in [2.45, 2.75) is 23.7 Å². The first-order valence-corrected chi connectivity index (χ1v) is 9.87. The number of carbonyl (C=O) groups is 1. The number of anilines is 1. The molecule has 0 unspecified atom stereocenters. The van der Waals surface area contributed by atoms with Crippen molar-refractivity contribution in [3.63, 3.8) is 0 Å². The summed E-state index contributed by atoms with van der Waals surface area (Å²) < 4.78 is 3.36. The molecule has 1 aliphatic rings. The molecule has 0 heterocycles. The van der Waals surface area contributed by atoms with Gasteiger partial charge >= 0.3 is 5.97 Å². The summed E-state index contributed by atoms with van der Waals surface area (Å²) in [7, 11) is 0. The summed E-state index contributed by atoms with van der Waals surface area (Å²) in [5.74, 6) is -0.424. The van der Waals surface area contributed by atoms with Crippen molar-refractivity contribution in [1.82, 2.24) is 0 Å². The van der Waals surface area contributed by atoms with Gasteiger partial charge in [0.05, 0.1) is 22.9 Å². The van der Waals surface area contributed by atoms with E-state index in [4.69, 9.17) is 0 Å². The van der Waals surface area contributed by atoms with Crippen LogP contribution in [-0.2, 0) is 0 Å². The Morgan fingerprint density at radius 2 is 1.86 bits per heavy atom. The molecule has 4 rings (SSSR count). The van der Waals surface area contributed by atoms with Crippen LogP contribution >= 0.6 is 11.9 Å². The zero-order valence-corrected chi connectivity index (χ0v) is 15.9. The predicted octanol–water partition coefficient (Wildman–Crippen LogP) is 5.92. The molecule has 5 heteroatoms. The molecular formula is C23H18N2O2S. The monoisotopic (exact) mass is 386 g/mol. The number of nitriles is 1. The van der Waals surface area contributed by atoms with Gasteiger partial charge in [-0.25, -0.2) is 4.79 Å². The van der Waals surface area contributed by atoms with E-state index in [0.29, 0.717) is 11.5 Å². The largest absolute Gasteiger partial charge is 0.478 e. The number of aromatic carboxylic acids is 1. The number of carboxylic acid groups (broad SMARTS) is 1. The van der Waals surface area contributed by atoms with Crippen LogP contribution in [0.15, 0.2) is 71.6 Å². The maximum Gasteiger partial charge on any atom is 0.335 e. The normalized spacial score (nSPS) is 13.0. The fourth-order valence-corrected chi connectivity index (χ4v) is 4.09. The van der Waals surface area contributed by atoms with Gasteiger partial charge in [0.1, 0.15) is 0 Å². The third-order valence-electron chi connectivity index (χ3n) is 4.78. The van der Waals surface area contributed by atoms with E-state index in [1.54, 1.807) is 18.2 Å². The standard InChI is InChI=1S/C23H18N2O2S/c24-14-15-6-10-19(16-4-2-1-3-5-16)21(12-15)25-28-22-13-18(23(26)27)9-11-20(22)17-7-8-17/h1-6,9-13,17,25H,7-8H2,(H,26,27). The molecule has 4 nitrogen and oxygen atoms in total. The maximum atomic E-state index is 11.4.